The molecular formula is C9H10ClN. The van der Waals surface area contributed by atoms with E-state index in [0.29, 0.717) is 0 Å². The van der Waals surface area contributed by atoms with Crippen LogP contribution in [-0.2, 0) is 12.8 Å². The van der Waals surface area contributed by atoms with E-state index in [0.717, 1.165) is 23.6 Å². The Morgan fingerprint density at radius 1 is 1.45 bits per heavy atom. The Labute approximate surface area is 71.4 Å². The van der Waals surface area contributed by atoms with Gasteiger partial charge in [-0.25, -0.2) is 0 Å². The number of fused-ring (bicyclic) bond motifs is 1. The average molecular weight is 168 g/mol. The highest BCUT2D eigenvalue weighted by atomic mass is 35.5. The molecule has 11 heavy (non-hydrogen) atoms. The largest absolute Gasteiger partial charge is 0.258 e. The molecule has 1 aliphatic rings. The zero-order chi connectivity index (χ0) is 7.84. The van der Waals surface area contributed by atoms with E-state index in [1.807, 2.05) is 13.0 Å². The first-order valence-corrected chi connectivity index (χ1v) is 4.30. The molecule has 0 radical (unpaired) electrons. The third kappa shape index (κ3) is 1.14. The average Bonchev–Trinajstić information content (AvgIpc) is 2.34. The number of nitrogens with zero attached hydrogens (tertiary/aromatic N) is 1. The van der Waals surface area contributed by atoms with Crippen LogP contribution in [0.5, 0.6) is 0 Å². The Balaban J connectivity index is 2.60. The summed E-state index contributed by atoms with van der Waals surface area (Å²) in [4.78, 5) is 4.43. The van der Waals surface area contributed by atoms with Gasteiger partial charge in [-0.1, -0.05) is 11.6 Å². The van der Waals surface area contributed by atoms with E-state index >= 15 is 0 Å². The van der Waals surface area contributed by atoms with Crippen LogP contribution >= 0.6 is 11.6 Å². The molecule has 0 saturated heterocycles. The van der Waals surface area contributed by atoms with E-state index in [-0.39, 0.29) is 0 Å². The number of hydrogen-bond donors (Lipinski definition) is 0. The van der Waals surface area contributed by atoms with Gasteiger partial charge in [0.1, 0.15) is 0 Å². The van der Waals surface area contributed by atoms with Gasteiger partial charge in [0.05, 0.1) is 0 Å². The number of pyridine rings is 1. The van der Waals surface area contributed by atoms with Crippen molar-refractivity contribution in [3.63, 3.8) is 0 Å². The predicted molar refractivity (Wildman–Crippen MR) is 46.0 cm³/mol. The van der Waals surface area contributed by atoms with Gasteiger partial charge in [-0.05, 0) is 37.8 Å². The van der Waals surface area contributed by atoms with Crippen molar-refractivity contribution in [2.75, 3.05) is 0 Å². The fourth-order valence-electron chi connectivity index (χ4n) is 1.62. The summed E-state index contributed by atoms with van der Waals surface area (Å²) in [6.07, 6.45) is 3.43. The summed E-state index contributed by atoms with van der Waals surface area (Å²) in [5, 5.41) is 0.907. The van der Waals surface area contributed by atoms with Crippen LogP contribution in [0.2, 0.25) is 5.02 Å². The monoisotopic (exact) mass is 167 g/mol. The molecule has 2 heteroatoms. The van der Waals surface area contributed by atoms with Gasteiger partial charge in [-0.2, -0.15) is 0 Å². The molecule has 0 fully saturated rings. The molecule has 0 amide bonds. The molecule has 1 aromatic rings. The molecule has 0 atom stereocenters. The van der Waals surface area contributed by atoms with Gasteiger partial charge >= 0.3 is 0 Å². The zero-order valence-corrected chi connectivity index (χ0v) is 7.28. The van der Waals surface area contributed by atoms with Crippen LogP contribution in [0.3, 0.4) is 0 Å². The highest BCUT2D eigenvalue weighted by molar-refractivity contribution is 6.31. The van der Waals surface area contributed by atoms with Gasteiger partial charge in [-0.15, -0.1) is 0 Å². The second-order valence-electron chi connectivity index (χ2n) is 3.02. The van der Waals surface area contributed by atoms with Crippen LogP contribution in [0.1, 0.15) is 23.4 Å². The lowest BCUT2D eigenvalue weighted by atomic mass is 10.2. The number of hydrogen-bond acceptors (Lipinski definition) is 1. The van der Waals surface area contributed by atoms with Crippen molar-refractivity contribution in [1.29, 1.82) is 0 Å². The fraction of sp³-hybridized carbons (Fsp3) is 0.444. The second kappa shape index (κ2) is 2.49. The van der Waals surface area contributed by atoms with Gasteiger partial charge in [0.25, 0.3) is 0 Å². The molecule has 0 unspecified atom stereocenters. The Morgan fingerprint density at radius 3 is 3.09 bits per heavy atom. The standard InChI is InChI=1S/C9H10ClN/c1-6-5-8(10)7-3-2-4-9(7)11-6/h5H,2-4H2,1H3. The molecule has 0 bridgehead atoms. The van der Waals surface area contributed by atoms with Gasteiger partial charge in [0.2, 0.25) is 0 Å². The highest BCUT2D eigenvalue weighted by Crippen LogP contribution is 2.27. The SMILES string of the molecule is Cc1cc(Cl)c2c(n1)CCC2. The molecule has 0 saturated carbocycles. The van der Waals surface area contributed by atoms with Crippen LogP contribution in [0.15, 0.2) is 6.07 Å². The molecular weight excluding hydrogens is 158 g/mol. The van der Waals surface area contributed by atoms with E-state index in [9.17, 15) is 0 Å². The smallest absolute Gasteiger partial charge is 0.0474 e. The summed E-state index contributed by atoms with van der Waals surface area (Å²) >= 11 is 6.03. The van der Waals surface area contributed by atoms with Crippen LogP contribution in [0.25, 0.3) is 0 Å². The summed E-state index contributed by atoms with van der Waals surface area (Å²) in [5.41, 5.74) is 3.53. The van der Waals surface area contributed by atoms with Gasteiger partial charge in [0.15, 0.2) is 0 Å². The lowest BCUT2D eigenvalue weighted by molar-refractivity contribution is 0.897. The second-order valence-corrected chi connectivity index (χ2v) is 3.43. The molecule has 0 N–H and O–H groups in total. The Bertz CT molecular complexity index is 294. The van der Waals surface area contributed by atoms with E-state index in [2.05, 4.69) is 4.98 Å². The van der Waals surface area contributed by atoms with Crippen LogP contribution < -0.4 is 0 Å². The Hall–Kier alpha value is -0.560. The minimum atomic E-state index is 0.907. The van der Waals surface area contributed by atoms with Crippen molar-refractivity contribution < 1.29 is 0 Å². The number of aryl methyl sites for hydroxylation is 2. The Kier molecular flexibility index (Phi) is 1.61. The van der Waals surface area contributed by atoms with Crippen LogP contribution in [-0.4, -0.2) is 4.98 Å². The summed E-state index contributed by atoms with van der Waals surface area (Å²) in [7, 11) is 0. The van der Waals surface area contributed by atoms with E-state index in [1.54, 1.807) is 0 Å². The first-order valence-electron chi connectivity index (χ1n) is 3.92. The maximum absolute atomic E-state index is 6.03. The molecule has 58 valence electrons. The van der Waals surface area contributed by atoms with Crippen molar-refractivity contribution in [3.8, 4) is 0 Å². The molecule has 1 aromatic heterocycles. The first kappa shape index (κ1) is 7.11. The number of halogens is 1. The van der Waals surface area contributed by atoms with Crippen molar-refractivity contribution in [2.45, 2.75) is 26.2 Å². The van der Waals surface area contributed by atoms with Crippen molar-refractivity contribution in [3.05, 3.63) is 28.0 Å². The van der Waals surface area contributed by atoms with Gasteiger partial charge in [0, 0.05) is 16.4 Å². The molecule has 1 heterocycles. The third-order valence-corrected chi connectivity index (χ3v) is 2.46. The summed E-state index contributed by atoms with van der Waals surface area (Å²) in [6.45, 7) is 1.99. The lowest BCUT2D eigenvalue weighted by Gasteiger charge is -2.01. The van der Waals surface area contributed by atoms with Gasteiger partial charge < -0.3 is 0 Å². The molecule has 1 aliphatic carbocycles. The quantitative estimate of drug-likeness (QED) is 0.579. The number of aromatic nitrogens is 1. The molecule has 2 rings (SSSR count). The van der Waals surface area contributed by atoms with Crippen molar-refractivity contribution in [2.24, 2.45) is 0 Å². The van der Waals surface area contributed by atoms with Gasteiger partial charge in [-0.3, -0.25) is 4.98 Å². The maximum Gasteiger partial charge on any atom is 0.0474 e. The zero-order valence-electron chi connectivity index (χ0n) is 6.52. The van der Waals surface area contributed by atoms with E-state index < -0.39 is 0 Å². The Morgan fingerprint density at radius 2 is 2.27 bits per heavy atom. The van der Waals surface area contributed by atoms with Crippen molar-refractivity contribution in [1.82, 2.24) is 4.98 Å². The lowest BCUT2D eigenvalue weighted by Crippen LogP contribution is -1.91. The highest BCUT2D eigenvalue weighted by Gasteiger charge is 2.15. The summed E-state index contributed by atoms with van der Waals surface area (Å²) in [5.74, 6) is 0. The molecule has 0 aliphatic heterocycles. The van der Waals surface area contributed by atoms with Crippen LogP contribution in [0, 0.1) is 6.92 Å². The minimum absolute atomic E-state index is 0.907. The molecule has 0 aromatic carbocycles. The molecule has 1 nitrogen and oxygen atoms in total. The fourth-order valence-corrected chi connectivity index (χ4v) is 1.99. The summed E-state index contributed by atoms with van der Waals surface area (Å²) in [6, 6.07) is 1.95. The first-order chi connectivity index (χ1) is 5.27. The minimum Gasteiger partial charge on any atom is -0.258 e. The summed E-state index contributed by atoms with van der Waals surface area (Å²) < 4.78 is 0. The number of rotatable bonds is 0. The molecule has 0 spiro atoms. The maximum atomic E-state index is 6.03. The predicted octanol–water partition coefficient (Wildman–Crippen LogP) is 2.53. The van der Waals surface area contributed by atoms with E-state index in [1.165, 1.54) is 17.7 Å². The van der Waals surface area contributed by atoms with Crippen LogP contribution in [0.4, 0.5) is 0 Å². The van der Waals surface area contributed by atoms with Crippen molar-refractivity contribution >= 4 is 11.6 Å². The normalized spacial score (nSPS) is 15.1. The third-order valence-electron chi connectivity index (χ3n) is 2.12. The topological polar surface area (TPSA) is 12.9 Å². The van der Waals surface area contributed by atoms with E-state index in [4.69, 9.17) is 11.6 Å².